The van der Waals surface area contributed by atoms with Crippen LogP contribution in [0, 0.1) is 5.92 Å². The summed E-state index contributed by atoms with van der Waals surface area (Å²) in [4.78, 5) is 0. The fourth-order valence-electron chi connectivity index (χ4n) is 4.64. The van der Waals surface area contributed by atoms with Crippen LogP contribution < -0.4 is 10.1 Å². The molecule has 26 heavy (non-hydrogen) atoms. The maximum absolute atomic E-state index is 6.60. The van der Waals surface area contributed by atoms with Crippen molar-refractivity contribution < 1.29 is 4.74 Å². The molecule has 0 unspecified atom stereocenters. The predicted octanol–water partition coefficient (Wildman–Crippen LogP) is 6.33. The molecule has 0 radical (unpaired) electrons. The van der Waals surface area contributed by atoms with E-state index in [4.69, 9.17) is 16.3 Å². The third kappa shape index (κ3) is 2.25. The molecule has 0 fully saturated rings. The molecule has 0 spiro atoms. The first-order valence-corrected chi connectivity index (χ1v) is 9.43. The van der Waals surface area contributed by atoms with Gasteiger partial charge in [0.1, 0.15) is 5.75 Å². The lowest BCUT2D eigenvalue weighted by Gasteiger charge is -2.39. The lowest BCUT2D eigenvalue weighted by Crippen LogP contribution is -2.29. The van der Waals surface area contributed by atoms with E-state index in [9.17, 15) is 0 Å². The highest BCUT2D eigenvalue weighted by atomic mass is 35.5. The zero-order valence-corrected chi connectivity index (χ0v) is 15.3. The second-order valence-corrected chi connectivity index (χ2v) is 7.49. The highest BCUT2D eigenvalue weighted by Crippen LogP contribution is 2.54. The van der Waals surface area contributed by atoms with Gasteiger partial charge in [0.25, 0.3) is 0 Å². The second kappa shape index (κ2) is 6.07. The Balaban J connectivity index is 1.71. The highest BCUT2D eigenvalue weighted by Gasteiger charge is 2.40. The van der Waals surface area contributed by atoms with Gasteiger partial charge in [0, 0.05) is 16.5 Å². The molecule has 0 saturated heterocycles. The van der Waals surface area contributed by atoms with Gasteiger partial charge in [-0.15, -0.1) is 0 Å². The number of halogens is 1. The summed E-state index contributed by atoms with van der Waals surface area (Å²) >= 11 is 6.60. The number of nitrogens with one attached hydrogen (secondary N) is 1. The average molecular weight is 362 g/mol. The van der Waals surface area contributed by atoms with Gasteiger partial charge in [-0.25, -0.2) is 0 Å². The molecule has 3 aromatic carbocycles. The number of benzene rings is 3. The van der Waals surface area contributed by atoms with E-state index in [1.165, 1.54) is 21.9 Å². The molecule has 0 saturated carbocycles. The van der Waals surface area contributed by atoms with Gasteiger partial charge >= 0.3 is 0 Å². The maximum Gasteiger partial charge on any atom is 0.142 e. The third-order valence-corrected chi connectivity index (χ3v) is 6.14. The van der Waals surface area contributed by atoms with Crippen LogP contribution in [0.1, 0.15) is 29.5 Å². The summed E-state index contributed by atoms with van der Waals surface area (Å²) in [6.07, 6.45) is 5.66. The van der Waals surface area contributed by atoms with Crippen molar-refractivity contribution in [1.29, 1.82) is 0 Å². The lowest BCUT2D eigenvalue weighted by atomic mass is 9.76. The van der Waals surface area contributed by atoms with E-state index < -0.39 is 0 Å². The number of allylic oxidation sites excluding steroid dienone is 2. The monoisotopic (exact) mass is 361 g/mol. The maximum atomic E-state index is 6.60. The van der Waals surface area contributed by atoms with E-state index in [-0.39, 0.29) is 6.04 Å². The molecule has 1 aliphatic carbocycles. The molecule has 3 heteroatoms. The summed E-state index contributed by atoms with van der Waals surface area (Å²) in [5.41, 5.74) is 3.54. The highest BCUT2D eigenvalue weighted by molar-refractivity contribution is 6.32. The van der Waals surface area contributed by atoms with E-state index in [1.54, 1.807) is 7.11 Å². The van der Waals surface area contributed by atoms with E-state index in [0.717, 1.165) is 22.9 Å². The molecule has 3 atom stereocenters. The van der Waals surface area contributed by atoms with Crippen LogP contribution in [0.3, 0.4) is 0 Å². The van der Waals surface area contributed by atoms with Crippen molar-refractivity contribution in [3.05, 3.63) is 82.9 Å². The number of ether oxygens (including phenoxy) is 1. The van der Waals surface area contributed by atoms with E-state index in [2.05, 4.69) is 59.9 Å². The normalized spacial score (nSPS) is 23.4. The van der Waals surface area contributed by atoms with E-state index in [1.807, 2.05) is 12.1 Å². The van der Waals surface area contributed by atoms with Crippen molar-refractivity contribution >= 4 is 28.1 Å². The molecule has 1 aliphatic heterocycles. The van der Waals surface area contributed by atoms with Gasteiger partial charge in [0.2, 0.25) is 0 Å². The van der Waals surface area contributed by atoms with Crippen molar-refractivity contribution in [2.75, 3.05) is 12.4 Å². The Labute approximate surface area is 158 Å². The zero-order chi connectivity index (χ0) is 17.7. The summed E-state index contributed by atoms with van der Waals surface area (Å²) in [6.45, 7) is 0. The van der Waals surface area contributed by atoms with E-state index >= 15 is 0 Å². The number of methoxy groups -OCH3 is 1. The Morgan fingerprint density at radius 2 is 1.88 bits per heavy atom. The minimum Gasteiger partial charge on any atom is -0.495 e. The van der Waals surface area contributed by atoms with Gasteiger partial charge in [-0.05, 0) is 40.8 Å². The average Bonchev–Trinajstić information content (AvgIpc) is 3.17. The lowest BCUT2D eigenvalue weighted by molar-refractivity contribution is 0.398. The van der Waals surface area contributed by atoms with Gasteiger partial charge in [0.15, 0.2) is 0 Å². The molecule has 2 nitrogen and oxygen atoms in total. The van der Waals surface area contributed by atoms with Gasteiger partial charge in [-0.3, -0.25) is 0 Å². The number of rotatable bonds is 2. The summed E-state index contributed by atoms with van der Waals surface area (Å²) in [6, 6.07) is 19.3. The Kier molecular flexibility index (Phi) is 3.68. The van der Waals surface area contributed by atoms with E-state index in [0.29, 0.717) is 11.8 Å². The van der Waals surface area contributed by atoms with Crippen LogP contribution in [0.4, 0.5) is 5.69 Å². The largest absolute Gasteiger partial charge is 0.495 e. The Hall–Kier alpha value is -2.45. The van der Waals surface area contributed by atoms with Gasteiger partial charge in [0.05, 0.1) is 18.8 Å². The molecule has 0 bridgehead atoms. The van der Waals surface area contributed by atoms with Crippen molar-refractivity contribution in [2.24, 2.45) is 5.92 Å². The summed E-state index contributed by atoms with van der Waals surface area (Å²) in [7, 11) is 1.72. The number of hydrogen-bond acceptors (Lipinski definition) is 2. The minimum atomic E-state index is 0.223. The molecule has 130 valence electrons. The molecular weight excluding hydrogens is 342 g/mol. The molecule has 3 aromatic rings. The smallest absolute Gasteiger partial charge is 0.142 e. The van der Waals surface area contributed by atoms with Gasteiger partial charge in [-0.2, -0.15) is 0 Å². The van der Waals surface area contributed by atoms with Crippen molar-refractivity contribution in [2.45, 2.75) is 18.4 Å². The molecule has 1 N–H and O–H groups in total. The van der Waals surface area contributed by atoms with Crippen LogP contribution in [0.2, 0.25) is 5.02 Å². The minimum absolute atomic E-state index is 0.223. The van der Waals surface area contributed by atoms with Crippen LogP contribution in [-0.2, 0) is 0 Å². The Morgan fingerprint density at radius 3 is 2.77 bits per heavy atom. The SMILES string of the molecule is COc1ccc(Cl)c2c1N[C@@H](c1cccc3ccccc13)[C@H]1CC=C[C@H]21. The second-order valence-electron chi connectivity index (χ2n) is 7.08. The summed E-state index contributed by atoms with van der Waals surface area (Å²) in [5.74, 6) is 1.63. The molecule has 1 heterocycles. The molecular formula is C23H20ClNO. The Bertz CT molecular complexity index is 1020. The van der Waals surface area contributed by atoms with Crippen molar-refractivity contribution in [1.82, 2.24) is 0 Å². The summed E-state index contributed by atoms with van der Waals surface area (Å²) in [5, 5.41) is 7.18. The first-order valence-electron chi connectivity index (χ1n) is 9.05. The number of anilines is 1. The quantitative estimate of drug-likeness (QED) is 0.538. The van der Waals surface area contributed by atoms with Crippen LogP contribution in [-0.4, -0.2) is 7.11 Å². The standard InChI is InChI=1S/C23H20ClNO/c1-26-20-13-12-19(24)21-16-9-5-11-18(16)22(25-23(20)21)17-10-4-7-14-6-2-3-8-15(14)17/h2-10,12-13,16,18,22,25H,11H2,1H3/t16-,18-,22-/m0/s1. The molecule has 0 aromatic heterocycles. The third-order valence-electron chi connectivity index (χ3n) is 5.81. The van der Waals surface area contributed by atoms with Crippen molar-refractivity contribution in [3.63, 3.8) is 0 Å². The molecule has 2 aliphatic rings. The number of fused-ring (bicyclic) bond motifs is 4. The first-order chi connectivity index (χ1) is 12.8. The Morgan fingerprint density at radius 1 is 1.04 bits per heavy atom. The first kappa shape index (κ1) is 15.8. The van der Waals surface area contributed by atoms with Crippen LogP contribution in [0.25, 0.3) is 10.8 Å². The molecule has 5 rings (SSSR count). The summed E-state index contributed by atoms with van der Waals surface area (Å²) < 4.78 is 5.64. The predicted molar refractivity (Wildman–Crippen MR) is 108 cm³/mol. The topological polar surface area (TPSA) is 21.3 Å². The fourth-order valence-corrected chi connectivity index (χ4v) is 4.92. The molecule has 0 amide bonds. The number of hydrogen-bond donors (Lipinski definition) is 1. The van der Waals surface area contributed by atoms with Gasteiger partial charge in [-0.1, -0.05) is 66.2 Å². The van der Waals surface area contributed by atoms with Crippen LogP contribution in [0.15, 0.2) is 66.7 Å². The van der Waals surface area contributed by atoms with Gasteiger partial charge < -0.3 is 10.1 Å². The van der Waals surface area contributed by atoms with Crippen molar-refractivity contribution in [3.8, 4) is 5.75 Å². The zero-order valence-electron chi connectivity index (χ0n) is 14.6. The fraction of sp³-hybridized carbons (Fsp3) is 0.217. The van der Waals surface area contributed by atoms with Crippen LogP contribution >= 0.6 is 11.6 Å². The van der Waals surface area contributed by atoms with Crippen LogP contribution in [0.5, 0.6) is 5.75 Å².